The molecule has 0 aromatic carbocycles. The minimum Gasteiger partial charge on any atom is -0.396 e. The van der Waals surface area contributed by atoms with Crippen LogP contribution in [0, 0.1) is 46.3 Å². The molecule has 1 heterocycles. The molecule has 0 unspecified atom stereocenters. The lowest BCUT2D eigenvalue weighted by molar-refractivity contribution is -0.288. The highest BCUT2D eigenvalue weighted by Gasteiger charge is 2.63. The number of carbonyl (C=O) groups excluding carboxylic acids is 1. The molecule has 8 heteroatoms. The lowest BCUT2D eigenvalue weighted by atomic mass is 9.46. The van der Waals surface area contributed by atoms with Crippen molar-refractivity contribution in [2.75, 3.05) is 13.2 Å². The molecule has 3 saturated carbocycles. The maximum atomic E-state index is 12.3. The summed E-state index contributed by atoms with van der Waals surface area (Å²) in [6.07, 6.45) is 4.04. The summed E-state index contributed by atoms with van der Waals surface area (Å²) in [7, 11) is 0. The van der Waals surface area contributed by atoms with Crippen molar-refractivity contribution in [2.24, 2.45) is 46.3 Å². The molecule has 4 aliphatic carbocycles. The fourth-order valence-corrected chi connectivity index (χ4v) is 9.79. The number of aliphatic hydroxyl groups excluding tert-OH is 5. The second-order valence-corrected chi connectivity index (χ2v) is 14.5. The van der Waals surface area contributed by atoms with Crippen molar-refractivity contribution < 1.29 is 39.8 Å². The summed E-state index contributed by atoms with van der Waals surface area (Å²) in [6, 6.07) is 0. The number of ketones is 1. The Hall–Kier alpha value is -0.870. The molecule has 1 saturated heterocycles. The van der Waals surface area contributed by atoms with Crippen LogP contribution < -0.4 is 0 Å². The van der Waals surface area contributed by atoms with Gasteiger partial charge < -0.3 is 35.0 Å². The van der Waals surface area contributed by atoms with Crippen molar-refractivity contribution in [3.8, 4) is 0 Å². The second kappa shape index (κ2) is 11.7. The predicted octanol–water partition coefficient (Wildman–Crippen LogP) is 2.97. The van der Waals surface area contributed by atoms with Gasteiger partial charge in [-0.1, -0.05) is 33.3 Å². The number of fused-ring (bicyclic) bond motifs is 5. The first-order chi connectivity index (χ1) is 18.9. The minimum atomic E-state index is -1.35. The highest BCUT2D eigenvalue weighted by atomic mass is 16.7. The van der Waals surface area contributed by atoms with Gasteiger partial charge in [0.1, 0.15) is 18.3 Å². The van der Waals surface area contributed by atoms with Crippen molar-refractivity contribution in [3.63, 3.8) is 0 Å². The highest BCUT2D eigenvalue weighted by Crippen LogP contribution is 2.68. The molecular formula is C32H52O8. The molecular weight excluding hydrogens is 512 g/mol. The topological polar surface area (TPSA) is 137 Å². The zero-order chi connectivity index (χ0) is 29.0. The van der Waals surface area contributed by atoms with Gasteiger partial charge in [-0.05, 0) is 104 Å². The molecule has 4 fully saturated rings. The van der Waals surface area contributed by atoms with Gasteiger partial charge in [-0.15, -0.1) is 0 Å². The lowest BCUT2D eigenvalue weighted by Crippen LogP contribution is -2.55. The first kappa shape index (κ1) is 30.6. The molecule has 8 nitrogen and oxygen atoms in total. The van der Waals surface area contributed by atoms with Gasteiger partial charge in [-0.25, -0.2) is 0 Å². The van der Waals surface area contributed by atoms with E-state index in [2.05, 4.69) is 20.8 Å². The first-order valence-corrected chi connectivity index (χ1v) is 15.7. The highest BCUT2D eigenvalue weighted by molar-refractivity contribution is 5.91. The summed E-state index contributed by atoms with van der Waals surface area (Å²) in [5.74, 6) is 1.72. The Morgan fingerprint density at radius 2 is 1.80 bits per heavy atom. The number of aliphatic hydroxyl groups is 5. The van der Waals surface area contributed by atoms with Crippen LogP contribution in [0.4, 0.5) is 0 Å². The molecule has 14 atom stereocenters. The van der Waals surface area contributed by atoms with Crippen LogP contribution in [0.15, 0.2) is 11.6 Å². The number of hydrogen-bond acceptors (Lipinski definition) is 8. The Morgan fingerprint density at radius 1 is 1.05 bits per heavy atom. The van der Waals surface area contributed by atoms with Crippen molar-refractivity contribution in [1.29, 1.82) is 0 Å². The van der Waals surface area contributed by atoms with E-state index in [1.54, 1.807) is 0 Å². The second-order valence-electron chi connectivity index (χ2n) is 14.5. The summed E-state index contributed by atoms with van der Waals surface area (Å²) in [5, 5.41) is 51.9. The van der Waals surface area contributed by atoms with E-state index in [0.717, 1.165) is 44.9 Å². The van der Waals surface area contributed by atoms with E-state index < -0.39 is 30.7 Å². The summed E-state index contributed by atoms with van der Waals surface area (Å²) < 4.78 is 12.2. The van der Waals surface area contributed by atoms with E-state index in [1.807, 2.05) is 13.0 Å². The number of rotatable bonds is 8. The molecule has 0 radical (unpaired) electrons. The predicted molar refractivity (Wildman–Crippen MR) is 149 cm³/mol. The Kier molecular flexibility index (Phi) is 8.92. The molecule has 5 aliphatic rings. The molecule has 228 valence electrons. The van der Waals surface area contributed by atoms with E-state index in [1.165, 1.54) is 5.57 Å². The van der Waals surface area contributed by atoms with Crippen molar-refractivity contribution in [3.05, 3.63) is 11.6 Å². The summed E-state index contributed by atoms with van der Waals surface area (Å²) in [6.45, 7) is 8.85. The van der Waals surface area contributed by atoms with Gasteiger partial charge in [-0.3, -0.25) is 4.79 Å². The molecule has 0 aromatic rings. The van der Waals surface area contributed by atoms with Gasteiger partial charge in [0.15, 0.2) is 12.1 Å². The molecule has 0 amide bonds. The van der Waals surface area contributed by atoms with Crippen LogP contribution in [-0.2, 0) is 14.3 Å². The molecule has 0 spiro atoms. The van der Waals surface area contributed by atoms with Gasteiger partial charge in [0.05, 0.1) is 18.8 Å². The summed E-state index contributed by atoms with van der Waals surface area (Å²) in [4.78, 5) is 12.3. The van der Waals surface area contributed by atoms with Crippen molar-refractivity contribution in [1.82, 2.24) is 0 Å². The van der Waals surface area contributed by atoms with Crippen molar-refractivity contribution >= 4 is 5.78 Å². The van der Waals surface area contributed by atoms with Crippen LogP contribution >= 0.6 is 0 Å². The van der Waals surface area contributed by atoms with Crippen LogP contribution in [0.25, 0.3) is 0 Å². The fourth-order valence-electron chi connectivity index (χ4n) is 9.79. The van der Waals surface area contributed by atoms with Crippen LogP contribution in [0.2, 0.25) is 0 Å². The Morgan fingerprint density at radius 3 is 2.52 bits per heavy atom. The average molecular weight is 565 g/mol. The summed E-state index contributed by atoms with van der Waals surface area (Å²) >= 11 is 0. The molecule has 1 aliphatic heterocycles. The Bertz CT molecular complexity index is 953. The quantitative estimate of drug-likeness (QED) is 0.304. The average Bonchev–Trinajstić information content (AvgIpc) is 3.23. The van der Waals surface area contributed by atoms with E-state index in [9.17, 15) is 30.3 Å². The van der Waals surface area contributed by atoms with E-state index in [-0.39, 0.29) is 53.7 Å². The summed E-state index contributed by atoms with van der Waals surface area (Å²) in [5.41, 5.74) is 1.32. The zero-order valence-electron chi connectivity index (χ0n) is 24.7. The lowest BCUT2D eigenvalue weighted by Gasteiger charge is -2.58. The maximum Gasteiger partial charge on any atom is 0.186 e. The molecule has 0 aromatic heterocycles. The third-order valence-electron chi connectivity index (χ3n) is 12.3. The minimum absolute atomic E-state index is 0.0235. The van der Waals surface area contributed by atoms with Gasteiger partial charge in [-0.2, -0.15) is 0 Å². The third-order valence-corrected chi connectivity index (χ3v) is 12.3. The first-order valence-electron chi connectivity index (χ1n) is 15.7. The fraction of sp³-hybridized carbons (Fsp3) is 0.906. The van der Waals surface area contributed by atoms with Gasteiger partial charge in [0, 0.05) is 13.0 Å². The Balaban J connectivity index is 1.42. The van der Waals surface area contributed by atoms with E-state index in [0.29, 0.717) is 30.6 Å². The number of allylic oxidation sites excluding steroid dienone is 1. The molecule has 5 rings (SSSR count). The van der Waals surface area contributed by atoms with Gasteiger partial charge >= 0.3 is 0 Å². The van der Waals surface area contributed by atoms with Crippen LogP contribution in [0.3, 0.4) is 0 Å². The van der Waals surface area contributed by atoms with Gasteiger partial charge in [0.25, 0.3) is 0 Å². The van der Waals surface area contributed by atoms with Crippen molar-refractivity contribution in [2.45, 2.75) is 122 Å². The largest absolute Gasteiger partial charge is 0.396 e. The number of ether oxygens (including phenoxy) is 2. The normalized spacial score (nSPS) is 47.5. The Labute approximate surface area is 239 Å². The monoisotopic (exact) mass is 564 g/mol. The van der Waals surface area contributed by atoms with Crippen LogP contribution in [-0.4, -0.2) is 81.3 Å². The standard InChI is InChI=1S/C32H52O8/c1-17(15-33)5-8-24(35)18(2)27-26(40-30-29(38)28(37)25(36)16-39-30)14-23-21-7-6-19-13-20(34)9-11-31(19,3)22(21)10-12-32(23,27)4/h13,17-18,21-30,33,35-38H,5-12,14-16H2,1-4H3/t17-,18+,21+,22-,23-,24-,25+,26-,27-,28-,29+,30-,31-,32-/m0/s1. The van der Waals surface area contributed by atoms with E-state index in [4.69, 9.17) is 9.47 Å². The van der Waals surface area contributed by atoms with Crippen LogP contribution in [0.5, 0.6) is 0 Å². The number of carbonyl (C=O) groups is 1. The smallest absolute Gasteiger partial charge is 0.186 e. The van der Waals surface area contributed by atoms with E-state index >= 15 is 0 Å². The molecule has 5 N–H and O–H groups in total. The molecule has 0 bridgehead atoms. The SMILES string of the molecule is C[C@H](CO)CC[C@H](O)[C@@H](C)[C@H]1[C@@H](O[C@@H]2OC[C@@H](O)[C@H](O)[C@H]2O)C[C@H]2[C@@H]3CCC4=CC(=O)CC[C@]4(C)[C@H]3CC[C@]12C. The maximum absolute atomic E-state index is 12.3. The van der Waals surface area contributed by atoms with Crippen LogP contribution in [0.1, 0.15) is 85.5 Å². The zero-order valence-corrected chi connectivity index (χ0v) is 24.7. The third kappa shape index (κ3) is 5.24. The molecule has 40 heavy (non-hydrogen) atoms. The van der Waals surface area contributed by atoms with Gasteiger partial charge in [0.2, 0.25) is 0 Å². The number of hydrogen-bond donors (Lipinski definition) is 5.